The van der Waals surface area contributed by atoms with Crippen molar-refractivity contribution in [2.24, 2.45) is 0 Å². The number of hydrogen-bond donors (Lipinski definition) is 1. The third kappa shape index (κ3) is 1.23. The van der Waals surface area contributed by atoms with Gasteiger partial charge in [0.05, 0.1) is 0 Å². The van der Waals surface area contributed by atoms with E-state index in [1.54, 1.807) is 0 Å². The summed E-state index contributed by atoms with van der Waals surface area (Å²) in [6.07, 6.45) is 3.91. The summed E-state index contributed by atoms with van der Waals surface area (Å²) in [4.78, 5) is 10.6. The van der Waals surface area contributed by atoms with Crippen LogP contribution < -0.4 is 0 Å². The molecule has 1 N–H and O–H groups in total. The fraction of sp³-hybridized carbons (Fsp3) is 0.500. The molecule has 3 heterocycles. The zero-order valence-electron chi connectivity index (χ0n) is 10.4. The number of rotatable bonds is 0. The largest absolute Gasteiger partial charge is 0.342 e. The predicted molar refractivity (Wildman–Crippen MR) is 68.0 cm³/mol. The molecule has 2 aliphatic rings. The van der Waals surface area contributed by atoms with Crippen LogP contribution in [0.1, 0.15) is 29.8 Å². The molecule has 1 spiro atoms. The summed E-state index contributed by atoms with van der Waals surface area (Å²) < 4.78 is 0. The van der Waals surface area contributed by atoms with Gasteiger partial charge in [-0.3, -0.25) is 4.90 Å². The molecule has 4 rings (SSSR count). The molecule has 0 saturated heterocycles. The van der Waals surface area contributed by atoms with Gasteiger partial charge in [0.2, 0.25) is 0 Å². The number of nitrogens with zero attached hydrogens (tertiary/aromatic N) is 2. The molecule has 88 valence electrons. The van der Waals surface area contributed by atoms with Crippen LogP contribution in [0.3, 0.4) is 0 Å². The summed E-state index contributed by atoms with van der Waals surface area (Å²) in [5.41, 5.74) is 5.53. The number of nitrogens with one attached hydrogen (secondary N) is 1. The molecule has 1 aliphatic heterocycles. The highest BCUT2D eigenvalue weighted by atomic mass is 15.2. The maximum atomic E-state index is 4.60. The van der Waals surface area contributed by atoms with Gasteiger partial charge in [-0.05, 0) is 50.9 Å². The van der Waals surface area contributed by atoms with Crippen molar-refractivity contribution in [1.82, 2.24) is 14.9 Å². The van der Waals surface area contributed by atoms with Crippen LogP contribution in [-0.2, 0) is 13.0 Å². The number of pyridine rings is 1. The van der Waals surface area contributed by atoms with E-state index in [1.807, 2.05) is 6.92 Å². The quantitative estimate of drug-likeness (QED) is 0.749. The van der Waals surface area contributed by atoms with Gasteiger partial charge >= 0.3 is 0 Å². The second-order valence-corrected chi connectivity index (χ2v) is 5.69. The van der Waals surface area contributed by atoms with Crippen LogP contribution in [0.25, 0.3) is 11.0 Å². The number of aromatic amines is 1. The Morgan fingerprint density at radius 2 is 2.18 bits per heavy atom. The van der Waals surface area contributed by atoms with Crippen LogP contribution >= 0.6 is 0 Å². The van der Waals surface area contributed by atoms with E-state index in [2.05, 4.69) is 34.0 Å². The molecular formula is C14H17N3. The van der Waals surface area contributed by atoms with Crippen LogP contribution in [-0.4, -0.2) is 27.5 Å². The first-order chi connectivity index (χ1) is 8.18. The topological polar surface area (TPSA) is 31.9 Å². The molecule has 2 aromatic heterocycles. The van der Waals surface area contributed by atoms with Crippen molar-refractivity contribution in [2.75, 3.05) is 7.05 Å². The van der Waals surface area contributed by atoms with Crippen molar-refractivity contribution in [2.45, 2.75) is 38.3 Å². The second kappa shape index (κ2) is 2.91. The SMILES string of the molecule is Cc1ccc2c3c([nH]c2n1)CN(C)C1(CC1)C3. The van der Waals surface area contributed by atoms with Gasteiger partial charge < -0.3 is 4.98 Å². The molecule has 1 saturated carbocycles. The summed E-state index contributed by atoms with van der Waals surface area (Å²) in [7, 11) is 2.25. The lowest BCUT2D eigenvalue weighted by atomic mass is 9.96. The third-order valence-corrected chi connectivity index (χ3v) is 4.53. The van der Waals surface area contributed by atoms with Gasteiger partial charge in [0.25, 0.3) is 0 Å². The van der Waals surface area contributed by atoms with Crippen molar-refractivity contribution >= 4 is 11.0 Å². The van der Waals surface area contributed by atoms with Gasteiger partial charge in [-0.2, -0.15) is 0 Å². The summed E-state index contributed by atoms with van der Waals surface area (Å²) in [5, 5.41) is 1.34. The minimum absolute atomic E-state index is 0.479. The average Bonchev–Trinajstić information content (AvgIpc) is 2.98. The lowest BCUT2D eigenvalue weighted by Crippen LogP contribution is -2.39. The van der Waals surface area contributed by atoms with E-state index < -0.39 is 0 Å². The van der Waals surface area contributed by atoms with Crippen molar-refractivity contribution in [3.8, 4) is 0 Å². The first-order valence-corrected chi connectivity index (χ1v) is 6.36. The van der Waals surface area contributed by atoms with E-state index in [9.17, 15) is 0 Å². The molecule has 0 aromatic carbocycles. The summed E-state index contributed by atoms with van der Waals surface area (Å²) in [6.45, 7) is 3.10. The highest BCUT2D eigenvalue weighted by Crippen LogP contribution is 2.48. The van der Waals surface area contributed by atoms with Crippen molar-refractivity contribution in [1.29, 1.82) is 0 Å². The van der Waals surface area contributed by atoms with Gasteiger partial charge in [-0.1, -0.05) is 0 Å². The Hall–Kier alpha value is -1.35. The van der Waals surface area contributed by atoms with Gasteiger partial charge in [0, 0.05) is 28.9 Å². The Balaban J connectivity index is 1.93. The molecule has 3 heteroatoms. The van der Waals surface area contributed by atoms with Crippen molar-refractivity contribution in [3.63, 3.8) is 0 Å². The Bertz CT molecular complexity index is 607. The van der Waals surface area contributed by atoms with E-state index in [1.165, 1.54) is 35.9 Å². The number of aromatic nitrogens is 2. The molecule has 0 unspecified atom stereocenters. The Morgan fingerprint density at radius 3 is 2.94 bits per heavy atom. The fourth-order valence-corrected chi connectivity index (χ4v) is 3.19. The van der Waals surface area contributed by atoms with E-state index in [0.29, 0.717) is 5.54 Å². The maximum absolute atomic E-state index is 4.60. The van der Waals surface area contributed by atoms with E-state index in [0.717, 1.165) is 17.9 Å². The number of fused-ring (bicyclic) bond motifs is 3. The Labute approximate surface area is 101 Å². The van der Waals surface area contributed by atoms with Crippen LogP contribution in [0.4, 0.5) is 0 Å². The molecule has 0 bridgehead atoms. The molecule has 2 aromatic rings. The lowest BCUT2D eigenvalue weighted by molar-refractivity contribution is 0.193. The highest BCUT2D eigenvalue weighted by Gasteiger charge is 2.49. The van der Waals surface area contributed by atoms with Crippen molar-refractivity contribution < 1.29 is 0 Å². The number of aryl methyl sites for hydroxylation is 1. The predicted octanol–water partition coefficient (Wildman–Crippen LogP) is 2.39. The van der Waals surface area contributed by atoms with Crippen LogP contribution in [0, 0.1) is 6.92 Å². The normalized spacial score (nSPS) is 22.0. The van der Waals surface area contributed by atoms with Crippen molar-refractivity contribution in [3.05, 3.63) is 29.1 Å². The first kappa shape index (κ1) is 9.66. The van der Waals surface area contributed by atoms with Gasteiger partial charge in [-0.25, -0.2) is 4.98 Å². The van der Waals surface area contributed by atoms with Crippen LogP contribution in [0.5, 0.6) is 0 Å². The van der Waals surface area contributed by atoms with E-state index in [-0.39, 0.29) is 0 Å². The standard InChI is InChI=1S/C14H17N3/c1-9-3-4-10-11-7-14(5-6-14)17(2)8-12(11)16-13(10)15-9/h3-4H,5-8H2,1-2H3,(H,15,16). The molecule has 3 nitrogen and oxygen atoms in total. The number of likely N-dealkylation sites (N-methyl/N-ethyl adjacent to an activating group) is 1. The Kier molecular flexibility index (Phi) is 1.65. The maximum Gasteiger partial charge on any atom is 0.138 e. The average molecular weight is 227 g/mol. The van der Waals surface area contributed by atoms with E-state index in [4.69, 9.17) is 0 Å². The van der Waals surface area contributed by atoms with Gasteiger partial charge in [0.15, 0.2) is 0 Å². The minimum atomic E-state index is 0.479. The fourth-order valence-electron chi connectivity index (χ4n) is 3.19. The molecule has 0 atom stereocenters. The summed E-state index contributed by atoms with van der Waals surface area (Å²) >= 11 is 0. The number of H-pyrrole nitrogens is 1. The molecule has 0 radical (unpaired) electrons. The highest BCUT2D eigenvalue weighted by molar-refractivity contribution is 5.82. The molecule has 1 aliphatic carbocycles. The smallest absolute Gasteiger partial charge is 0.138 e. The molecule has 0 amide bonds. The minimum Gasteiger partial charge on any atom is -0.342 e. The van der Waals surface area contributed by atoms with E-state index >= 15 is 0 Å². The monoisotopic (exact) mass is 227 g/mol. The second-order valence-electron chi connectivity index (χ2n) is 5.69. The first-order valence-electron chi connectivity index (χ1n) is 6.36. The zero-order chi connectivity index (χ0) is 11.6. The zero-order valence-corrected chi connectivity index (χ0v) is 10.4. The Morgan fingerprint density at radius 1 is 1.35 bits per heavy atom. The van der Waals surface area contributed by atoms with Crippen LogP contribution in [0.2, 0.25) is 0 Å². The summed E-state index contributed by atoms with van der Waals surface area (Å²) in [6, 6.07) is 4.35. The molecular weight excluding hydrogens is 210 g/mol. The molecule has 17 heavy (non-hydrogen) atoms. The third-order valence-electron chi connectivity index (χ3n) is 4.53. The van der Waals surface area contributed by atoms with Gasteiger partial charge in [-0.15, -0.1) is 0 Å². The van der Waals surface area contributed by atoms with Gasteiger partial charge in [0.1, 0.15) is 5.65 Å². The molecule has 1 fully saturated rings. The lowest BCUT2D eigenvalue weighted by Gasteiger charge is -2.32. The van der Waals surface area contributed by atoms with Crippen LogP contribution in [0.15, 0.2) is 12.1 Å². The summed E-state index contributed by atoms with van der Waals surface area (Å²) in [5.74, 6) is 0. The number of hydrogen-bond acceptors (Lipinski definition) is 2.